The first kappa shape index (κ1) is 14.1. The summed E-state index contributed by atoms with van der Waals surface area (Å²) in [5.74, 6) is -0.552. The van der Waals surface area contributed by atoms with Crippen molar-refractivity contribution in [3.63, 3.8) is 0 Å². The number of aliphatic hydroxyl groups is 2. The molecule has 2 N–H and O–H groups in total. The van der Waals surface area contributed by atoms with E-state index in [0.29, 0.717) is 12.2 Å². The average Bonchev–Trinajstić information content (AvgIpc) is 2.76. The van der Waals surface area contributed by atoms with Crippen LogP contribution in [0.5, 0.6) is 0 Å². The van der Waals surface area contributed by atoms with E-state index in [-0.39, 0.29) is 6.42 Å². The van der Waals surface area contributed by atoms with Crippen LogP contribution in [0.4, 0.5) is 0 Å². The van der Waals surface area contributed by atoms with Gasteiger partial charge in [-0.05, 0) is 17.0 Å². The van der Waals surface area contributed by atoms with Crippen molar-refractivity contribution in [1.82, 2.24) is 0 Å². The SMILES string of the molecule is COCc1cc(C(O)C(O)CC(=O)OC)cs1. The topological polar surface area (TPSA) is 76.0 Å². The van der Waals surface area contributed by atoms with Crippen LogP contribution in [0.2, 0.25) is 0 Å². The van der Waals surface area contributed by atoms with Crippen molar-refractivity contribution in [3.05, 3.63) is 21.9 Å². The van der Waals surface area contributed by atoms with E-state index in [1.807, 2.05) is 0 Å². The number of thiophene rings is 1. The van der Waals surface area contributed by atoms with Crippen molar-refractivity contribution in [2.24, 2.45) is 0 Å². The lowest BCUT2D eigenvalue weighted by atomic mass is 10.1. The molecule has 1 rings (SSSR count). The predicted octanol–water partition coefficient (Wildman–Crippen LogP) is 0.852. The number of carbonyl (C=O) groups excluding carboxylic acids is 1. The summed E-state index contributed by atoms with van der Waals surface area (Å²) in [7, 11) is 2.82. The summed E-state index contributed by atoms with van der Waals surface area (Å²) in [5, 5.41) is 21.2. The second-order valence-electron chi connectivity index (χ2n) is 3.57. The first-order chi connectivity index (χ1) is 8.08. The number of carbonyl (C=O) groups is 1. The zero-order valence-corrected chi connectivity index (χ0v) is 10.6. The molecule has 1 aromatic rings. The van der Waals surface area contributed by atoms with Gasteiger partial charge in [-0.3, -0.25) is 4.79 Å². The maximum absolute atomic E-state index is 11.0. The Labute approximate surface area is 104 Å². The Morgan fingerprint density at radius 2 is 2.18 bits per heavy atom. The Morgan fingerprint density at radius 1 is 1.47 bits per heavy atom. The normalized spacial score (nSPS) is 14.4. The number of ether oxygens (including phenoxy) is 2. The van der Waals surface area contributed by atoms with E-state index in [1.165, 1.54) is 18.4 Å². The third kappa shape index (κ3) is 4.08. The van der Waals surface area contributed by atoms with Crippen LogP contribution in [-0.2, 0) is 20.9 Å². The number of esters is 1. The van der Waals surface area contributed by atoms with Gasteiger partial charge in [0.05, 0.1) is 26.2 Å². The highest BCUT2D eigenvalue weighted by atomic mass is 32.1. The summed E-state index contributed by atoms with van der Waals surface area (Å²) in [4.78, 5) is 11.9. The molecule has 0 saturated carbocycles. The zero-order valence-electron chi connectivity index (χ0n) is 9.75. The van der Waals surface area contributed by atoms with Crippen LogP contribution >= 0.6 is 11.3 Å². The molecule has 0 aliphatic heterocycles. The predicted molar refractivity (Wildman–Crippen MR) is 62.6 cm³/mol. The van der Waals surface area contributed by atoms with E-state index in [4.69, 9.17) is 4.74 Å². The minimum absolute atomic E-state index is 0.229. The van der Waals surface area contributed by atoms with E-state index in [9.17, 15) is 15.0 Å². The fourth-order valence-corrected chi connectivity index (χ4v) is 2.24. The molecule has 0 aliphatic rings. The van der Waals surface area contributed by atoms with Gasteiger partial charge in [0.2, 0.25) is 0 Å². The largest absolute Gasteiger partial charge is 0.469 e. The van der Waals surface area contributed by atoms with Crippen LogP contribution in [0.3, 0.4) is 0 Å². The second-order valence-corrected chi connectivity index (χ2v) is 4.57. The Kier molecular flexibility index (Phi) is 5.57. The highest BCUT2D eigenvalue weighted by Crippen LogP contribution is 2.25. The lowest BCUT2D eigenvalue weighted by Crippen LogP contribution is -2.22. The summed E-state index contributed by atoms with van der Waals surface area (Å²) < 4.78 is 9.38. The summed E-state index contributed by atoms with van der Waals surface area (Å²) >= 11 is 1.43. The van der Waals surface area contributed by atoms with Crippen LogP contribution in [0.1, 0.15) is 23.0 Å². The molecule has 0 spiro atoms. The van der Waals surface area contributed by atoms with Crippen LogP contribution in [0.15, 0.2) is 11.4 Å². The van der Waals surface area contributed by atoms with Gasteiger partial charge in [0.25, 0.3) is 0 Å². The monoisotopic (exact) mass is 260 g/mol. The third-order valence-corrected chi connectivity index (χ3v) is 3.20. The molecule has 0 saturated heterocycles. The van der Waals surface area contributed by atoms with Crippen molar-refractivity contribution in [2.45, 2.75) is 25.2 Å². The molecule has 0 fully saturated rings. The molecule has 0 radical (unpaired) electrons. The van der Waals surface area contributed by atoms with Crippen LogP contribution in [0, 0.1) is 0 Å². The van der Waals surface area contributed by atoms with Gasteiger partial charge < -0.3 is 19.7 Å². The fraction of sp³-hybridized carbons (Fsp3) is 0.545. The summed E-state index contributed by atoms with van der Waals surface area (Å²) in [5.41, 5.74) is 0.582. The molecular weight excluding hydrogens is 244 g/mol. The maximum atomic E-state index is 11.0. The molecule has 0 aliphatic carbocycles. The van der Waals surface area contributed by atoms with Crippen molar-refractivity contribution in [1.29, 1.82) is 0 Å². The molecule has 1 heterocycles. The summed E-state index contributed by atoms with van der Waals surface area (Å²) in [6, 6.07) is 1.75. The summed E-state index contributed by atoms with van der Waals surface area (Å²) in [6.45, 7) is 0.463. The third-order valence-electron chi connectivity index (χ3n) is 2.27. The Bertz CT molecular complexity index is 362. The highest BCUT2D eigenvalue weighted by Gasteiger charge is 2.22. The summed E-state index contributed by atoms with van der Waals surface area (Å²) in [6.07, 6.45) is -2.48. The molecule has 96 valence electrons. The Balaban J connectivity index is 2.60. The Hall–Kier alpha value is -0.950. The minimum atomic E-state index is -1.16. The molecule has 0 amide bonds. The van der Waals surface area contributed by atoms with Crippen molar-refractivity contribution in [2.75, 3.05) is 14.2 Å². The Morgan fingerprint density at radius 3 is 2.76 bits per heavy atom. The number of rotatable bonds is 6. The number of hydrogen-bond acceptors (Lipinski definition) is 6. The lowest BCUT2D eigenvalue weighted by molar-refractivity contribution is -0.144. The van der Waals surface area contributed by atoms with Gasteiger partial charge in [0, 0.05) is 12.0 Å². The van der Waals surface area contributed by atoms with E-state index in [2.05, 4.69) is 4.74 Å². The number of aliphatic hydroxyl groups excluding tert-OH is 2. The first-order valence-electron chi connectivity index (χ1n) is 5.07. The molecule has 2 atom stereocenters. The molecule has 5 nitrogen and oxygen atoms in total. The molecular formula is C11H16O5S. The molecule has 17 heavy (non-hydrogen) atoms. The van der Waals surface area contributed by atoms with Gasteiger partial charge in [0.15, 0.2) is 0 Å². The minimum Gasteiger partial charge on any atom is -0.469 e. The van der Waals surface area contributed by atoms with Gasteiger partial charge >= 0.3 is 5.97 Å². The molecule has 2 unspecified atom stereocenters. The molecule has 1 aromatic heterocycles. The number of hydrogen-bond donors (Lipinski definition) is 2. The second kappa shape index (κ2) is 6.70. The highest BCUT2D eigenvalue weighted by molar-refractivity contribution is 7.10. The molecule has 0 aromatic carbocycles. The van der Waals surface area contributed by atoms with Crippen LogP contribution < -0.4 is 0 Å². The fourth-order valence-electron chi connectivity index (χ4n) is 1.36. The van der Waals surface area contributed by atoms with Gasteiger partial charge in [0.1, 0.15) is 6.10 Å². The lowest BCUT2D eigenvalue weighted by Gasteiger charge is -2.15. The van der Waals surface area contributed by atoms with E-state index >= 15 is 0 Å². The van der Waals surface area contributed by atoms with E-state index < -0.39 is 18.2 Å². The standard InChI is InChI=1S/C11H16O5S/c1-15-5-8-3-7(6-17-8)11(14)9(12)4-10(13)16-2/h3,6,9,11-12,14H,4-5H2,1-2H3. The van der Waals surface area contributed by atoms with Crippen LogP contribution in [0.25, 0.3) is 0 Å². The van der Waals surface area contributed by atoms with Gasteiger partial charge in [-0.2, -0.15) is 0 Å². The first-order valence-corrected chi connectivity index (χ1v) is 5.95. The molecule has 0 bridgehead atoms. The van der Waals surface area contributed by atoms with Crippen molar-refractivity contribution in [3.8, 4) is 0 Å². The van der Waals surface area contributed by atoms with Gasteiger partial charge in [-0.1, -0.05) is 0 Å². The molecule has 6 heteroatoms. The average molecular weight is 260 g/mol. The van der Waals surface area contributed by atoms with Gasteiger partial charge in [-0.15, -0.1) is 11.3 Å². The maximum Gasteiger partial charge on any atom is 0.308 e. The van der Waals surface area contributed by atoms with Crippen molar-refractivity contribution < 1.29 is 24.5 Å². The van der Waals surface area contributed by atoms with E-state index in [1.54, 1.807) is 18.6 Å². The smallest absolute Gasteiger partial charge is 0.308 e. The van der Waals surface area contributed by atoms with E-state index in [0.717, 1.165) is 4.88 Å². The van der Waals surface area contributed by atoms with Crippen molar-refractivity contribution >= 4 is 17.3 Å². The van der Waals surface area contributed by atoms with Gasteiger partial charge in [-0.25, -0.2) is 0 Å². The quantitative estimate of drug-likeness (QED) is 0.742. The zero-order chi connectivity index (χ0) is 12.8. The number of methoxy groups -OCH3 is 2. The van der Waals surface area contributed by atoms with Crippen LogP contribution in [-0.4, -0.2) is 36.5 Å².